The van der Waals surface area contributed by atoms with E-state index in [2.05, 4.69) is 16.0 Å². The third-order valence-corrected chi connectivity index (χ3v) is 4.73. The number of carbonyl (C=O) groups excluding carboxylic acids is 3. The number of aryl methyl sites for hydroxylation is 1. The Bertz CT molecular complexity index is 924. The van der Waals surface area contributed by atoms with Crippen LogP contribution >= 0.6 is 0 Å². The number of amides is 3. The van der Waals surface area contributed by atoms with Crippen LogP contribution in [0.5, 0.6) is 0 Å². The standard InChI is InChI=1S/C26H35N3O5/c1-19-13-15-21(16-14-19)28-23(30)22(12-8-9-17-27-24(31)34-26(2,3)4)29-25(32)33-18-20-10-6-5-7-11-20/h5-7,10-11,13-16,22H,8-9,12,17-18H2,1-4H3,(H,27,31)(H,28,30)(H,29,32)/t22-/m1/s1. The third kappa shape index (κ3) is 10.8. The molecule has 0 aromatic heterocycles. The Kier molecular flexibility index (Phi) is 10.4. The number of nitrogens with one attached hydrogen (secondary N) is 3. The number of alkyl carbamates (subject to hydrolysis) is 2. The molecule has 0 saturated carbocycles. The van der Waals surface area contributed by atoms with Crippen LogP contribution in [0, 0.1) is 6.92 Å². The van der Waals surface area contributed by atoms with E-state index in [4.69, 9.17) is 9.47 Å². The molecular weight excluding hydrogens is 434 g/mol. The number of anilines is 1. The molecule has 184 valence electrons. The molecule has 0 spiro atoms. The molecule has 2 aromatic carbocycles. The average molecular weight is 470 g/mol. The van der Waals surface area contributed by atoms with E-state index in [1.54, 1.807) is 20.8 Å². The lowest BCUT2D eigenvalue weighted by Crippen LogP contribution is -2.44. The smallest absolute Gasteiger partial charge is 0.408 e. The Hall–Kier alpha value is -3.55. The van der Waals surface area contributed by atoms with Crippen molar-refractivity contribution in [3.63, 3.8) is 0 Å². The molecule has 8 nitrogen and oxygen atoms in total. The zero-order valence-corrected chi connectivity index (χ0v) is 20.4. The molecule has 3 amide bonds. The number of hydrogen-bond acceptors (Lipinski definition) is 5. The molecule has 0 aliphatic heterocycles. The Morgan fingerprint density at radius 1 is 0.912 bits per heavy atom. The Balaban J connectivity index is 1.87. The van der Waals surface area contributed by atoms with Gasteiger partial charge < -0.3 is 25.4 Å². The molecule has 34 heavy (non-hydrogen) atoms. The minimum atomic E-state index is -0.786. The van der Waals surface area contributed by atoms with Gasteiger partial charge >= 0.3 is 12.2 Å². The average Bonchev–Trinajstić information content (AvgIpc) is 2.77. The normalized spacial score (nSPS) is 11.8. The van der Waals surface area contributed by atoms with Gasteiger partial charge in [0.25, 0.3) is 0 Å². The molecule has 0 aliphatic carbocycles. The van der Waals surface area contributed by atoms with Gasteiger partial charge in [-0.25, -0.2) is 9.59 Å². The van der Waals surface area contributed by atoms with Crippen molar-refractivity contribution in [3.8, 4) is 0 Å². The van der Waals surface area contributed by atoms with Crippen molar-refractivity contribution in [2.45, 2.75) is 65.2 Å². The largest absolute Gasteiger partial charge is 0.445 e. The number of unbranched alkanes of at least 4 members (excludes halogenated alkanes) is 1. The molecule has 0 radical (unpaired) electrons. The molecule has 0 heterocycles. The second-order valence-corrected chi connectivity index (χ2v) is 9.04. The second kappa shape index (κ2) is 13.2. The van der Waals surface area contributed by atoms with Crippen molar-refractivity contribution in [1.82, 2.24) is 10.6 Å². The SMILES string of the molecule is Cc1ccc(NC(=O)[C@@H](CCCCNC(=O)OC(C)(C)C)NC(=O)OCc2ccccc2)cc1. The first-order valence-corrected chi connectivity index (χ1v) is 11.4. The molecule has 0 saturated heterocycles. The van der Waals surface area contributed by atoms with Crippen LogP contribution in [-0.2, 0) is 20.9 Å². The van der Waals surface area contributed by atoms with E-state index in [0.717, 1.165) is 11.1 Å². The highest BCUT2D eigenvalue weighted by Crippen LogP contribution is 2.12. The topological polar surface area (TPSA) is 106 Å². The van der Waals surface area contributed by atoms with Crippen molar-refractivity contribution in [1.29, 1.82) is 0 Å². The van der Waals surface area contributed by atoms with Gasteiger partial charge in [0.15, 0.2) is 0 Å². The first-order valence-electron chi connectivity index (χ1n) is 11.4. The zero-order chi connectivity index (χ0) is 25.0. The Morgan fingerprint density at radius 3 is 2.24 bits per heavy atom. The quantitative estimate of drug-likeness (QED) is 0.428. The van der Waals surface area contributed by atoms with Gasteiger partial charge in [0.05, 0.1) is 0 Å². The summed E-state index contributed by atoms with van der Waals surface area (Å²) < 4.78 is 10.5. The fraction of sp³-hybridized carbons (Fsp3) is 0.423. The fourth-order valence-electron chi connectivity index (χ4n) is 3.02. The molecular formula is C26H35N3O5. The van der Waals surface area contributed by atoms with E-state index in [0.29, 0.717) is 31.5 Å². The van der Waals surface area contributed by atoms with Gasteiger partial charge in [0.2, 0.25) is 5.91 Å². The first-order chi connectivity index (χ1) is 16.1. The minimum Gasteiger partial charge on any atom is -0.445 e. The van der Waals surface area contributed by atoms with Gasteiger partial charge in [-0.3, -0.25) is 4.79 Å². The lowest BCUT2D eigenvalue weighted by Gasteiger charge is -2.20. The molecule has 0 aliphatic rings. The van der Waals surface area contributed by atoms with Crippen LogP contribution in [-0.4, -0.2) is 36.3 Å². The summed E-state index contributed by atoms with van der Waals surface area (Å²) >= 11 is 0. The van der Waals surface area contributed by atoms with Gasteiger partial charge in [-0.05, 0) is 64.7 Å². The molecule has 2 rings (SSSR count). The highest BCUT2D eigenvalue weighted by Gasteiger charge is 2.22. The number of benzene rings is 2. The maximum absolute atomic E-state index is 12.9. The summed E-state index contributed by atoms with van der Waals surface area (Å²) in [6, 6.07) is 15.9. The van der Waals surface area contributed by atoms with E-state index in [1.165, 1.54) is 0 Å². The predicted octanol–water partition coefficient (Wildman–Crippen LogP) is 4.92. The maximum Gasteiger partial charge on any atom is 0.408 e. The summed E-state index contributed by atoms with van der Waals surface area (Å²) in [4.78, 5) is 37.0. The highest BCUT2D eigenvalue weighted by molar-refractivity contribution is 5.96. The van der Waals surface area contributed by atoms with E-state index >= 15 is 0 Å². The molecule has 0 unspecified atom stereocenters. The van der Waals surface area contributed by atoms with Gasteiger partial charge in [-0.2, -0.15) is 0 Å². The summed E-state index contributed by atoms with van der Waals surface area (Å²) in [5.74, 6) is -0.333. The van der Waals surface area contributed by atoms with Gasteiger partial charge in [0.1, 0.15) is 18.2 Å². The molecule has 0 bridgehead atoms. The molecule has 3 N–H and O–H groups in total. The van der Waals surface area contributed by atoms with Gasteiger partial charge in [-0.1, -0.05) is 48.0 Å². The first kappa shape index (κ1) is 26.7. The fourth-order valence-corrected chi connectivity index (χ4v) is 3.02. The summed E-state index contributed by atoms with van der Waals surface area (Å²) in [6.07, 6.45) is 0.451. The monoisotopic (exact) mass is 469 g/mol. The van der Waals surface area contributed by atoms with Crippen molar-refractivity contribution in [2.24, 2.45) is 0 Å². The minimum absolute atomic E-state index is 0.110. The number of rotatable bonds is 10. The highest BCUT2D eigenvalue weighted by atomic mass is 16.6. The van der Waals surface area contributed by atoms with Crippen LogP contribution in [0.2, 0.25) is 0 Å². The number of carbonyl (C=O) groups is 3. The van der Waals surface area contributed by atoms with E-state index in [1.807, 2.05) is 61.5 Å². The van der Waals surface area contributed by atoms with Crippen LogP contribution in [0.1, 0.15) is 51.2 Å². The maximum atomic E-state index is 12.9. The summed E-state index contributed by atoms with van der Waals surface area (Å²) in [5, 5.41) is 8.19. The van der Waals surface area contributed by atoms with E-state index in [-0.39, 0.29) is 12.5 Å². The lowest BCUT2D eigenvalue weighted by atomic mass is 10.1. The van der Waals surface area contributed by atoms with Crippen molar-refractivity contribution >= 4 is 23.8 Å². The predicted molar refractivity (Wildman–Crippen MR) is 131 cm³/mol. The molecule has 8 heteroatoms. The van der Waals surface area contributed by atoms with Crippen molar-refractivity contribution < 1.29 is 23.9 Å². The summed E-state index contributed by atoms with van der Waals surface area (Å²) in [5.41, 5.74) is 2.01. The Morgan fingerprint density at radius 2 is 1.59 bits per heavy atom. The number of hydrogen-bond donors (Lipinski definition) is 3. The van der Waals surface area contributed by atoms with Crippen molar-refractivity contribution in [3.05, 3.63) is 65.7 Å². The summed E-state index contributed by atoms with van der Waals surface area (Å²) in [7, 11) is 0. The Labute approximate surface area is 201 Å². The lowest BCUT2D eigenvalue weighted by molar-refractivity contribution is -0.118. The van der Waals surface area contributed by atoms with Crippen LogP contribution < -0.4 is 16.0 Å². The van der Waals surface area contributed by atoms with Crippen LogP contribution in [0.25, 0.3) is 0 Å². The van der Waals surface area contributed by atoms with Crippen molar-refractivity contribution in [2.75, 3.05) is 11.9 Å². The van der Waals surface area contributed by atoms with Crippen LogP contribution in [0.4, 0.5) is 15.3 Å². The zero-order valence-electron chi connectivity index (χ0n) is 20.4. The number of ether oxygens (including phenoxy) is 2. The summed E-state index contributed by atoms with van der Waals surface area (Å²) in [6.45, 7) is 7.87. The van der Waals surface area contributed by atoms with Gasteiger partial charge in [0, 0.05) is 12.2 Å². The van der Waals surface area contributed by atoms with E-state index < -0.39 is 23.8 Å². The molecule has 2 aromatic rings. The van der Waals surface area contributed by atoms with E-state index in [9.17, 15) is 14.4 Å². The molecule has 0 fully saturated rings. The second-order valence-electron chi connectivity index (χ2n) is 9.04. The van der Waals surface area contributed by atoms with Crippen LogP contribution in [0.3, 0.4) is 0 Å². The van der Waals surface area contributed by atoms with Crippen LogP contribution in [0.15, 0.2) is 54.6 Å². The van der Waals surface area contributed by atoms with Gasteiger partial charge in [-0.15, -0.1) is 0 Å². The third-order valence-electron chi connectivity index (χ3n) is 4.73. The molecule has 1 atom stereocenters.